The third kappa shape index (κ3) is 2.00. The van der Waals surface area contributed by atoms with E-state index in [4.69, 9.17) is 10.5 Å². The van der Waals surface area contributed by atoms with Gasteiger partial charge in [0.1, 0.15) is 6.10 Å². The van der Waals surface area contributed by atoms with Crippen LogP contribution in [0.3, 0.4) is 0 Å². The van der Waals surface area contributed by atoms with Crippen molar-refractivity contribution in [1.29, 1.82) is 0 Å². The van der Waals surface area contributed by atoms with Crippen molar-refractivity contribution in [3.63, 3.8) is 0 Å². The van der Waals surface area contributed by atoms with Gasteiger partial charge in [0, 0.05) is 11.3 Å². The highest BCUT2D eigenvalue weighted by molar-refractivity contribution is 9.11. The first kappa shape index (κ1) is 8.96. The van der Waals surface area contributed by atoms with Crippen molar-refractivity contribution in [2.24, 2.45) is 5.73 Å². The molecule has 13 heavy (non-hydrogen) atoms. The number of ether oxygens (including phenoxy) is 1. The van der Waals surface area contributed by atoms with E-state index in [1.807, 2.05) is 5.38 Å². The normalized spacial score (nSPS) is 25.6. The fraction of sp³-hybridized carbons (Fsp3) is 0.429. The Labute approximate surface area is 87.2 Å². The lowest BCUT2D eigenvalue weighted by Gasteiger charge is -1.96. The molecule has 1 aliphatic carbocycles. The van der Waals surface area contributed by atoms with Gasteiger partial charge in [0.15, 0.2) is 3.92 Å². The molecule has 1 aliphatic rings. The van der Waals surface area contributed by atoms with Crippen molar-refractivity contribution in [3.05, 3.63) is 15.0 Å². The number of thiazole rings is 1. The molecule has 1 heterocycles. The molecule has 0 spiro atoms. The van der Waals surface area contributed by atoms with Gasteiger partial charge in [0.25, 0.3) is 0 Å². The van der Waals surface area contributed by atoms with Crippen LogP contribution in [0.4, 0.5) is 4.79 Å². The Morgan fingerprint density at radius 2 is 2.62 bits per heavy atom. The lowest BCUT2D eigenvalue weighted by molar-refractivity contribution is 0.147. The second-order valence-electron chi connectivity index (χ2n) is 2.84. The zero-order valence-electron chi connectivity index (χ0n) is 6.57. The molecule has 2 atom stereocenters. The smallest absolute Gasteiger partial charge is 0.404 e. The maximum atomic E-state index is 10.4. The van der Waals surface area contributed by atoms with E-state index in [0.29, 0.717) is 0 Å². The van der Waals surface area contributed by atoms with Gasteiger partial charge in [-0.25, -0.2) is 9.78 Å². The van der Waals surface area contributed by atoms with E-state index in [2.05, 4.69) is 20.9 Å². The number of aromatic nitrogens is 1. The van der Waals surface area contributed by atoms with Crippen molar-refractivity contribution in [1.82, 2.24) is 4.98 Å². The summed E-state index contributed by atoms with van der Waals surface area (Å²) < 4.78 is 5.68. The van der Waals surface area contributed by atoms with E-state index >= 15 is 0 Å². The third-order valence-corrected chi connectivity index (χ3v) is 3.26. The number of amides is 1. The number of rotatable bonds is 2. The number of nitrogens with two attached hydrogens (primary N) is 1. The Morgan fingerprint density at radius 1 is 1.85 bits per heavy atom. The molecule has 1 fully saturated rings. The molecule has 1 aromatic heterocycles. The lowest BCUT2D eigenvalue weighted by atomic mass is 10.3. The van der Waals surface area contributed by atoms with Crippen LogP contribution in [0.25, 0.3) is 0 Å². The standard InChI is InChI=1S/C7H7BrN2O2S/c8-6-10-4(2-13-6)3-1-5(3)12-7(9)11/h2-3,5H,1H2,(H2,9,11). The molecule has 2 rings (SSSR count). The maximum absolute atomic E-state index is 10.4. The summed E-state index contributed by atoms with van der Waals surface area (Å²) in [6, 6.07) is 0. The van der Waals surface area contributed by atoms with Crippen molar-refractivity contribution in [2.75, 3.05) is 0 Å². The van der Waals surface area contributed by atoms with E-state index in [0.717, 1.165) is 16.0 Å². The first-order valence-electron chi connectivity index (χ1n) is 3.74. The number of nitrogens with zero attached hydrogens (tertiary/aromatic N) is 1. The Hall–Kier alpha value is -0.620. The fourth-order valence-electron chi connectivity index (χ4n) is 1.20. The first-order valence-corrected chi connectivity index (χ1v) is 5.41. The second kappa shape index (κ2) is 3.26. The molecule has 2 unspecified atom stereocenters. The minimum absolute atomic E-state index is 0.0634. The van der Waals surface area contributed by atoms with Crippen molar-refractivity contribution < 1.29 is 9.53 Å². The van der Waals surface area contributed by atoms with Crippen LogP contribution in [-0.2, 0) is 4.74 Å². The minimum Gasteiger partial charge on any atom is -0.446 e. The molecule has 2 N–H and O–H groups in total. The Kier molecular flexibility index (Phi) is 2.25. The van der Waals surface area contributed by atoms with E-state index < -0.39 is 6.09 Å². The summed E-state index contributed by atoms with van der Waals surface area (Å²) in [5.41, 5.74) is 5.87. The van der Waals surface area contributed by atoms with E-state index in [-0.39, 0.29) is 12.0 Å². The fourth-order valence-corrected chi connectivity index (χ4v) is 2.28. The molecule has 1 saturated carbocycles. The molecule has 4 nitrogen and oxygen atoms in total. The van der Waals surface area contributed by atoms with Crippen LogP contribution in [0.1, 0.15) is 18.0 Å². The highest BCUT2D eigenvalue weighted by Crippen LogP contribution is 2.43. The van der Waals surface area contributed by atoms with Gasteiger partial charge in [-0.2, -0.15) is 0 Å². The number of carbonyl (C=O) groups is 1. The number of hydrogen-bond donors (Lipinski definition) is 1. The molecular formula is C7H7BrN2O2S. The Morgan fingerprint density at radius 3 is 3.15 bits per heavy atom. The van der Waals surface area contributed by atoms with Crippen LogP contribution in [-0.4, -0.2) is 17.2 Å². The van der Waals surface area contributed by atoms with Crippen LogP contribution < -0.4 is 5.73 Å². The average molecular weight is 263 g/mol. The van der Waals surface area contributed by atoms with Crippen molar-refractivity contribution in [3.8, 4) is 0 Å². The zero-order chi connectivity index (χ0) is 9.42. The summed E-state index contributed by atoms with van der Waals surface area (Å²) in [5, 5.41) is 1.96. The predicted molar refractivity (Wildman–Crippen MR) is 51.6 cm³/mol. The first-order chi connectivity index (χ1) is 6.16. The van der Waals surface area contributed by atoms with E-state index in [1.165, 1.54) is 11.3 Å². The lowest BCUT2D eigenvalue weighted by Crippen LogP contribution is -2.14. The average Bonchev–Trinajstić information content (AvgIpc) is 2.63. The molecule has 70 valence electrons. The second-order valence-corrected chi connectivity index (χ2v) is 4.98. The van der Waals surface area contributed by atoms with Gasteiger partial charge < -0.3 is 10.5 Å². The van der Waals surface area contributed by atoms with Gasteiger partial charge in [-0.3, -0.25) is 0 Å². The molecule has 0 aliphatic heterocycles. The molecule has 0 bridgehead atoms. The van der Waals surface area contributed by atoms with Gasteiger partial charge in [0.2, 0.25) is 0 Å². The number of primary amides is 1. The summed E-state index contributed by atoms with van der Waals surface area (Å²) >= 11 is 4.80. The van der Waals surface area contributed by atoms with Crippen LogP contribution in [0.5, 0.6) is 0 Å². The monoisotopic (exact) mass is 262 g/mol. The Bertz CT molecular complexity index is 341. The van der Waals surface area contributed by atoms with Crippen molar-refractivity contribution in [2.45, 2.75) is 18.4 Å². The molecule has 6 heteroatoms. The molecule has 0 radical (unpaired) electrons. The van der Waals surface area contributed by atoms with E-state index in [9.17, 15) is 4.79 Å². The highest BCUT2D eigenvalue weighted by Gasteiger charge is 2.43. The summed E-state index contributed by atoms with van der Waals surface area (Å²) in [6.07, 6.45) is 0.0624. The minimum atomic E-state index is -0.707. The Balaban J connectivity index is 1.96. The molecular weight excluding hydrogens is 256 g/mol. The SMILES string of the molecule is NC(=O)OC1CC1c1csc(Br)n1. The summed E-state index contributed by atoms with van der Waals surface area (Å²) in [6.45, 7) is 0. The molecule has 0 saturated heterocycles. The van der Waals surface area contributed by atoms with Gasteiger partial charge in [-0.05, 0) is 22.4 Å². The van der Waals surface area contributed by atoms with Gasteiger partial charge >= 0.3 is 6.09 Å². The number of carbonyl (C=O) groups excluding carboxylic acids is 1. The molecule has 1 amide bonds. The highest BCUT2D eigenvalue weighted by atomic mass is 79.9. The zero-order valence-corrected chi connectivity index (χ0v) is 8.97. The quantitative estimate of drug-likeness (QED) is 0.885. The summed E-state index contributed by atoms with van der Waals surface area (Å²) in [7, 11) is 0. The maximum Gasteiger partial charge on any atom is 0.404 e. The van der Waals surface area contributed by atoms with Crippen LogP contribution in [0.15, 0.2) is 9.30 Å². The van der Waals surface area contributed by atoms with Crippen LogP contribution in [0, 0.1) is 0 Å². The van der Waals surface area contributed by atoms with Crippen LogP contribution >= 0.6 is 27.3 Å². The molecule has 1 aromatic rings. The number of hydrogen-bond acceptors (Lipinski definition) is 4. The number of halogens is 1. The third-order valence-electron chi connectivity index (χ3n) is 1.87. The van der Waals surface area contributed by atoms with Gasteiger partial charge in [0.05, 0.1) is 5.69 Å². The van der Waals surface area contributed by atoms with Gasteiger partial charge in [-0.15, -0.1) is 11.3 Å². The summed E-state index contributed by atoms with van der Waals surface area (Å²) in [4.78, 5) is 14.6. The van der Waals surface area contributed by atoms with E-state index in [1.54, 1.807) is 0 Å². The van der Waals surface area contributed by atoms with Crippen molar-refractivity contribution >= 4 is 33.4 Å². The van der Waals surface area contributed by atoms with Crippen LogP contribution in [0.2, 0.25) is 0 Å². The largest absolute Gasteiger partial charge is 0.446 e. The predicted octanol–water partition coefficient (Wildman–Crippen LogP) is 1.86. The molecule has 0 aromatic carbocycles. The topological polar surface area (TPSA) is 65.2 Å². The van der Waals surface area contributed by atoms with Gasteiger partial charge in [-0.1, -0.05) is 0 Å². The summed E-state index contributed by atoms with van der Waals surface area (Å²) in [5.74, 6) is 0.245.